The fourth-order valence-corrected chi connectivity index (χ4v) is 2.96. The first-order chi connectivity index (χ1) is 12.8. The number of rotatable bonds is 8. The van der Waals surface area contributed by atoms with E-state index in [1.54, 1.807) is 7.11 Å². The molecule has 26 heavy (non-hydrogen) atoms. The summed E-state index contributed by atoms with van der Waals surface area (Å²) in [5.41, 5.74) is 1.79. The number of methoxy groups -OCH3 is 1. The van der Waals surface area contributed by atoms with Gasteiger partial charge in [0.1, 0.15) is 0 Å². The van der Waals surface area contributed by atoms with Gasteiger partial charge < -0.3 is 19.7 Å². The minimum Gasteiger partial charge on any atom is -0.385 e. The summed E-state index contributed by atoms with van der Waals surface area (Å²) < 4.78 is 11.0. The van der Waals surface area contributed by atoms with Crippen molar-refractivity contribution in [3.05, 3.63) is 35.4 Å². The maximum atomic E-state index is 8.88. The number of guanidine groups is 1. The second kappa shape index (κ2) is 11.5. The number of nitrogens with zero attached hydrogens (tertiary/aromatic N) is 3. The van der Waals surface area contributed by atoms with E-state index >= 15 is 0 Å². The predicted molar refractivity (Wildman–Crippen MR) is 103 cm³/mol. The lowest BCUT2D eigenvalue weighted by atomic mass is 10.1. The zero-order valence-electron chi connectivity index (χ0n) is 15.9. The smallest absolute Gasteiger partial charge is 0.194 e. The second-order valence-corrected chi connectivity index (χ2v) is 6.38. The van der Waals surface area contributed by atoms with E-state index in [9.17, 15) is 0 Å². The normalized spacial score (nSPS) is 15.7. The van der Waals surface area contributed by atoms with Gasteiger partial charge in [0.2, 0.25) is 0 Å². The number of benzene rings is 1. The van der Waals surface area contributed by atoms with Crippen molar-refractivity contribution >= 4 is 5.96 Å². The third-order valence-electron chi connectivity index (χ3n) is 4.42. The lowest BCUT2D eigenvalue weighted by Crippen LogP contribution is -2.47. The van der Waals surface area contributed by atoms with Crippen LogP contribution in [0.25, 0.3) is 0 Å². The molecule has 0 spiro atoms. The van der Waals surface area contributed by atoms with Gasteiger partial charge >= 0.3 is 0 Å². The van der Waals surface area contributed by atoms with Gasteiger partial charge in [0.15, 0.2) is 5.96 Å². The van der Waals surface area contributed by atoms with Crippen LogP contribution in [0.15, 0.2) is 29.3 Å². The van der Waals surface area contributed by atoms with Crippen molar-refractivity contribution < 1.29 is 9.47 Å². The zero-order valence-corrected chi connectivity index (χ0v) is 15.9. The van der Waals surface area contributed by atoms with Gasteiger partial charge in [-0.15, -0.1) is 0 Å². The Morgan fingerprint density at radius 2 is 2.00 bits per heavy atom. The van der Waals surface area contributed by atoms with E-state index in [1.807, 2.05) is 24.3 Å². The Bertz CT molecular complexity index is 587. The molecule has 1 aromatic carbocycles. The maximum Gasteiger partial charge on any atom is 0.194 e. The average molecular weight is 358 g/mol. The Labute approximate surface area is 156 Å². The number of hydrogen-bond donors (Lipinski definition) is 1. The molecule has 0 radical (unpaired) electrons. The van der Waals surface area contributed by atoms with Crippen LogP contribution in [0.2, 0.25) is 0 Å². The van der Waals surface area contributed by atoms with Gasteiger partial charge in [-0.3, -0.25) is 0 Å². The Morgan fingerprint density at radius 3 is 2.62 bits per heavy atom. The summed E-state index contributed by atoms with van der Waals surface area (Å²) in [5.74, 6) is 0.953. The summed E-state index contributed by atoms with van der Waals surface area (Å²) >= 11 is 0. The molecule has 1 saturated heterocycles. The first kappa shape index (κ1) is 20.2. The molecular formula is C20H30N4O2. The van der Waals surface area contributed by atoms with Crippen molar-refractivity contribution in [2.45, 2.75) is 38.8 Å². The second-order valence-electron chi connectivity index (χ2n) is 6.38. The number of nitrogens with one attached hydrogen (secondary N) is 1. The highest BCUT2D eigenvalue weighted by Crippen LogP contribution is 2.15. The molecule has 1 N–H and O–H groups in total. The third-order valence-corrected chi connectivity index (χ3v) is 4.42. The Morgan fingerprint density at radius 1 is 1.27 bits per heavy atom. The number of aliphatic imine (C=N–C) groups is 1. The highest BCUT2D eigenvalue weighted by molar-refractivity contribution is 5.80. The van der Waals surface area contributed by atoms with Gasteiger partial charge in [-0.05, 0) is 43.9 Å². The van der Waals surface area contributed by atoms with Gasteiger partial charge in [0, 0.05) is 40.0 Å². The SMILES string of the molecule is CCNC(=NCc1ccc(C#N)cc1)N1CCC(OCCCOC)CC1. The molecule has 1 heterocycles. The minimum atomic E-state index is 0.338. The van der Waals surface area contributed by atoms with Gasteiger partial charge in [-0.2, -0.15) is 5.26 Å². The number of hydrogen-bond acceptors (Lipinski definition) is 4. The molecule has 6 heteroatoms. The van der Waals surface area contributed by atoms with Crippen LogP contribution in [0, 0.1) is 11.3 Å². The lowest BCUT2D eigenvalue weighted by Gasteiger charge is -2.34. The first-order valence-corrected chi connectivity index (χ1v) is 9.39. The Hall–Kier alpha value is -2.10. The molecule has 1 aromatic rings. The van der Waals surface area contributed by atoms with Gasteiger partial charge in [0.05, 0.1) is 24.3 Å². The van der Waals surface area contributed by atoms with E-state index in [2.05, 4.69) is 23.2 Å². The number of piperidine rings is 1. The zero-order chi connectivity index (χ0) is 18.6. The summed E-state index contributed by atoms with van der Waals surface area (Å²) in [5, 5.41) is 12.3. The monoisotopic (exact) mass is 358 g/mol. The molecule has 0 bridgehead atoms. The van der Waals surface area contributed by atoms with E-state index in [4.69, 9.17) is 19.7 Å². The first-order valence-electron chi connectivity index (χ1n) is 9.39. The van der Waals surface area contributed by atoms with Crippen LogP contribution in [0.4, 0.5) is 0 Å². The average Bonchev–Trinajstić information content (AvgIpc) is 2.69. The topological polar surface area (TPSA) is 69.9 Å². The van der Waals surface area contributed by atoms with Crippen molar-refractivity contribution in [1.29, 1.82) is 5.26 Å². The molecule has 1 aliphatic rings. The van der Waals surface area contributed by atoms with Gasteiger partial charge in [0.25, 0.3) is 0 Å². The quantitative estimate of drug-likeness (QED) is 0.439. The van der Waals surface area contributed by atoms with E-state index in [1.165, 1.54) is 0 Å². The van der Waals surface area contributed by atoms with Gasteiger partial charge in [-0.25, -0.2) is 4.99 Å². The molecule has 0 atom stereocenters. The Balaban J connectivity index is 1.84. The summed E-state index contributed by atoms with van der Waals surface area (Å²) in [6.07, 6.45) is 3.33. The van der Waals surface area contributed by atoms with Crippen LogP contribution in [0.1, 0.15) is 37.3 Å². The standard InChI is InChI=1S/C20H30N4O2/c1-3-22-20(23-16-18-7-5-17(15-21)6-8-18)24-11-9-19(10-12-24)26-14-4-13-25-2/h5-8,19H,3-4,9-14,16H2,1-2H3,(H,22,23). The fraction of sp³-hybridized carbons (Fsp3) is 0.600. The molecule has 142 valence electrons. The Kier molecular flexibility index (Phi) is 8.94. The molecule has 1 aliphatic heterocycles. The van der Waals surface area contributed by atoms with Crippen LogP contribution in [0.3, 0.4) is 0 Å². The van der Waals surface area contributed by atoms with Crippen molar-refractivity contribution in [3.63, 3.8) is 0 Å². The molecule has 2 rings (SSSR count). The van der Waals surface area contributed by atoms with Gasteiger partial charge in [-0.1, -0.05) is 12.1 Å². The predicted octanol–water partition coefficient (Wildman–Crippen LogP) is 2.54. The molecule has 0 aliphatic carbocycles. The molecule has 0 amide bonds. The van der Waals surface area contributed by atoms with Crippen LogP contribution in [-0.2, 0) is 16.0 Å². The fourth-order valence-electron chi connectivity index (χ4n) is 2.96. The van der Waals surface area contributed by atoms with Crippen molar-refractivity contribution in [2.24, 2.45) is 4.99 Å². The van der Waals surface area contributed by atoms with E-state index in [0.29, 0.717) is 18.2 Å². The van der Waals surface area contributed by atoms with Crippen molar-refractivity contribution in [2.75, 3.05) is 40.0 Å². The molecule has 0 saturated carbocycles. The minimum absolute atomic E-state index is 0.338. The summed E-state index contributed by atoms with van der Waals surface area (Å²) in [6, 6.07) is 9.74. The summed E-state index contributed by atoms with van der Waals surface area (Å²) in [6.45, 7) is 6.98. The van der Waals surface area contributed by atoms with Crippen molar-refractivity contribution in [3.8, 4) is 6.07 Å². The van der Waals surface area contributed by atoms with Crippen LogP contribution >= 0.6 is 0 Å². The highest BCUT2D eigenvalue weighted by Gasteiger charge is 2.21. The lowest BCUT2D eigenvalue weighted by molar-refractivity contribution is 0.00990. The highest BCUT2D eigenvalue weighted by atomic mass is 16.5. The molecule has 1 fully saturated rings. The number of likely N-dealkylation sites (tertiary alicyclic amines) is 1. The summed E-state index contributed by atoms with van der Waals surface area (Å²) in [7, 11) is 1.72. The van der Waals surface area contributed by atoms with Crippen LogP contribution < -0.4 is 5.32 Å². The van der Waals surface area contributed by atoms with E-state index in [0.717, 1.165) is 63.6 Å². The molecule has 0 aromatic heterocycles. The number of nitriles is 1. The summed E-state index contributed by atoms with van der Waals surface area (Å²) in [4.78, 5) is 7.07. The molecular weight excluding hydrogens is 328 g/mol. The van der Waals surface area contributed by atoms with E-state index in [-0.39, 0.29) is 0 Å². The third kappa shape index (κ3) is 6.66. The van der Waals surface area contributed by atoms with Crippen molar-refractivity contribution in [1.82, 2.24) is 10.2 Å². The molecule has 0 unspecified atom stereocenters. The largest absolute Gasteiger partial charge is 0.385 e. The van der Waals surface area contributed by atoms with Crippen LogP contribution in [-0.4, -0.2) is 56.9 Å². The molecule has 6 nitrogen and oxygen atoms in total. The van der Waals surface area contributed by atoms with E-state index < -0.39 is 0 Å². The number of ether oxygens (including phenoxy) is 2. The van der Waals surface area contributed by atoms with Crippen LogP contribution in [0.5, 0.6) is 0 Å². The maximum absolute atomic E-state index is 8.88.